The molecule has 2 aromatic rings. The largest absolute Gasteiger partial charge is 0.493 e. The highest BCUT2D eigenvalue weighted by molar-refractivity contribution is 7.98. The average Bonchev–Trinajstić information content (AvgIpc) is 2.55. The fourth-order valence-corrected chi connectivity index (χ4v) is 2.27. The number of methoxy groups -OCH3 is 1. The second kappa shape index (κ2) is 7.13. The molecule has 114 valence electrons. The molecule has 0 saturated carbocycles. The number of Topliss-reactive ketones (excluding diaryl/α,β-unsaturated/α-hetero) is 1. The molecule has 4 nitrogen and oxygen atoms in total. The Hall–Kier alpha value is -2.27. The summed E-state index contributed by atoms with van der Waals surface area (Å²) in [6.07, 6.45) is 1.97. The molecule has 0 aliphatic rings. The number of esters is 1. The van der Waals surface area contributed by atoms with Crippen LogP contribution in [-0.4, -0.2) is 25.1 Å². The number of rotatable bonds is 5. The maximum absolute atomic E-state index is 12.1. The number of thioether (sulfide) groups is 1. The zero-order valence-corrected chi connectivity index (χ0v) is 13.4. The number of benzene rings is 2. The van der Waals surface area contributed by atoms with E-state index in [1.54, 1.807) is 42.1 Å². The first kappa shape index (κ1) is 16.1. The van der Waals surface area contributed by atoms with Crippen LogP contribution < -0.4 is 9.47 Å². The van der Waals surface area contributed by atoms with E-state index < -0.39 is 5.97 Å². The summed E-state index contributed by atoms with van der Waals surface area (Å²) >= 11 is 1.60. The summed E-state index contributed by atoms with van der Waals surface area (Å²) < 4.78 is 10.5. The molecular weight excluding hydrogens is 300 g/mol. The summed E-state index contributed by atoms with van der Waals surface area (Å²) in [4.78, 5) is 24.6. The number of ether oxygens (including phenoxy) is 2. The maximum Gasteiger partial charge on any atom is 0.343 e. The van der Waals surface area contributed by atoms with Crippen molar-refractivity contribution in [2.45, 2.75) is 11.8 Å². The molecule has 5 heteroatoms. The first-order valence-electron chi connectivity index (χ1n) is 6.60. The van der Waals surface area contributed by atoms with Crippen molar-refractivity contribution in [1.29, 1.82) is 0 Å². The van der Waals surface area contributed by atoms with Gasteiger partial charge in [-0.25, -0.2) is 4.79 Å². The molecule has 0 radical (unpaired) electrons. The first-order chi connectivity index (χ1) is 10.5. The van der Waals surface area contributed by atoms with Gasteiger partial charge in [-0.05, 0) is 55.6 Å². The second-order valence-electron chi connectivity index (χ2n) is 4.54. The maximum atomic E-state index is 12.1. The van der Waals surface area contributed by atoms with Crippen molar-refractivity contribution in [2.24, 2.45) is 0 Å². The van der Waals surface area contributed by atoms with E-state index in [2.05, 4.69) is 0 Å². The van der Waals surface area contributed by atoms with Crippen molar-refractivity contribution in [2.75, 3.05) is 13.4 Å². The monoisotopic (exact) mass is 316 g/mol. The summed E-state index contributed by atoms with van der Waals surface area (Å²) in [7, 11) is 1.46. The van der Waals surface area contributed by atoms with Gasteiger partial charge in [0.1, 0.15) is 0 Å². The van der Waals surface area contributed by atoms with Crippen molar-refractivity contribution >= 4 is 23.5 Å². The predicted octanol–water partition coefficient (Wildman–Crippen LogP) is 3.84. The molecule has 0 aromatic heterocycles. The van der Waals surface area contributed by atoms with Crippen molar-refractivity contribution in [1.82, 2.24) is 0 Å². The Labute approximate surface area is 133 Å². The number of ketones is 1. The molecule has 0 bridgehead atoms. The summed E-state index contributed by atoms with van der Waals surface area (Å²) in [6.45, 7) is 1.47. The van der Waals surface area contributed by atoms with Gasteiger partial charge in [-0.1, -0.05) is 0 Å². The van der Waals surface area contributed by atoms with Crippen LogP contribution in [0.4, 0.5) is 0 Å². The number of hydrogen-bond acceptors (Lipinski definition) is 5. The van der Waals surface area contributed by atoms with Crippen LogP contribution in [-0.2, 0) is 0 Å². The van der Waals surface area contributed by atoms with E-state index in [1.165, 1.54) is 14.0 Å². The second-order valence-corrected chi connectivity index (χ2v) is 5.42. The molecule has 0 aliphatic heterocycles. The fraction of sp³-hybridized carbons (Fsp3) is 0.176. The van der Waals surface area contributed by atoms with Crippen molar-refractivity contribution in [3.05, 3.63) is 53.6 Å². The molecule has 0 aliphatic carbocycles. The van der Waals surface area contributed by atoms with E-state index in [4.69, 9.17) is 9.47 Å². The standard InChI is InChI=1S/C17H16O4S/c1-11(18)13-6-9-15(16(10-13)20-2)21-17(19)12-4-7-14(22-3)8-5-12/h4-10H,1-3H3. The van der Waals surface area contributed by atoms with Gasteiger partial charge in [0.2, 0.25) is 0 Å². The molecule has 0 amide bonds. The summed E-state index contributed by atoms with van der Waals surface area (Å²) in [5.74, 6) is 0.0820. The Kier molecular flexibility index (Phi) is 5.22. The lowest BCUT2D eigenvalue weighted by molar-refractivity contribution is 0.0729. The molecule has 0 heterocycles. The minimum absolute atomic E-state index is 0.0798. The molecule has 0 unspecified atom stereocenters. The Balaban J connectivity index is 2.21. The lowest BCUT2D eigenvalue weighted by Gasteiger charge is -2.10. The molecular formula is C17H16O4S. The van der Waals surface area contributed by atoms with Crippen molar-refractivity contribution < 1.29 is 19.1 Å². The zero-order valence-electron chi connectivity index (χ0n) is 12.6. The Bertz CT molecular complexity index is 692. The average molecular weight is 316 g/mol. The molecule has 2 aromatic carbocycles. The van der Waals surface area contributed by atoms with Crippen LogP contribution in [0.2, 0.25) is 0 Å². The minimum atomic E-state index is -0.471. The van der Waals surface area contributed by atoms with Crippen LogP contribution in [0.3, 0.4) is 0 Å². The van der Waals surface area contributed by atoms with Gasteiger partial charge < -0.3 is 9.47 Å². The normalized spacial score (nSPS) is 10.1. The Morgan fingerprint density at radius 1 is 0.955 bits per heavy atom. The first-order valence-corrected chi connectivity index (χ1v) is 7.83. The van der Waals surface area contributed by atoms with Gasteiger partial charge in [0, 0.05) is 10.5 Å². The van der Waals surface area contributed by atoms with Crippen LogP contribution in [0, 0.1) is 0 Å². The van der Waals surface area contributed by atoms with E-state index in [1.807, 2.05) is 18.4 Å². The predicted molar refractivity (Wildman–Crippen MR) is 86.2 cm³/mol. The number of carbonyl (C=O) groups is 2. The van der Waals surface area contributed by atoms with Gasteiger partial charge in [-0.3, -0.25) is 4.79 Å². The van der Waals surface area contributed by atoms with Gasteiger partial charge in [0.15, 0.2) is 17.3 Å². The molecule has 0 saturated heterocycles. The van der Waals surface area contributed by atoms with Crippen LogP contribution in [0.1, 0.15) is 27.6 Å². The highest BCUT2D eigenvalue weighted by atomic mass is 32.2. The molecule has 2 rings (SSSR count). The molecule has 0 spiro atoms. The fourth-order valence-electron chi connectivity index (χ4n) is 1.86. The van der Waals surface area contributed by atoms with Gasteiger partial charge in [0.25, 0.3) is 0 Å². The highest BCUT2D eigenvalue weighted by Gasteiger charge is 2.14. The Morgan fingerprint density at radius 2 is 1.59 bits per heavy atom. The third-order valence-electron chi connectivity index (χ3n) is 3.10. The van der Waals surface area contributed by atoms with E-state index in [0.29, 0.717) is 16.9 Å². The SMILES string of the molecule is COc1cc(C(C)=O)ccc1OC(=O)c1ccc(SC)cc1. The topological polar surface area (TPSA) is 52.6 Å². The lowest BCUT2D eigenvalue weighted by Crippen LogP contribution is -2.09. The lowest BCUT2D eigenvalue weighted by atomic mass is 10.1. The van der Waals surface area contributed by atoms with Gasteiger partial charge >= 0.3 is 5.97 Å². The minimum Gasteiger partial charge on any atom is -0.493 e. The highest BCUT2D eigenvalue weighted by Crippen LogP contribution is 2.29. The molecule has 0 atom stereocenters. The van der Waals surface area contributed by atoms with Gasteiger partial charge in [-0.2, -0.15) is 0 Å². The Morgan fingerprint density at radius 3 is 2.14 bits per heavy atom. The van der Waals surface area contributed by atoms with E-state index in [9.17, 15) is 9.59 Å². The molecule has 0 N–H and O–H groups in total. The van der Waals surface area contributed by atoms with Crippen LogP contribution in [0.25, 0.3) is 0 Å². The summed E-state index contributed by atoms with van der Waals surface area (Å²) in [6, 6.07) is 11.9. The third kappa shape index (κ3) is 3.68. The van der Waals surface area contributed by atoms with Crippen molar-refractivity contribution in [3.63, 3.8) is 0 Å². The van der Waals surface area contributed by atoms with Crippen LogP contribution >= 0.6 is 11.8 Å². The van der Waals surface area contributed by atoms with Gasteiger partial charge in [-0.15, -0.1) is 11.8 Å². The van der Waals surface area contributed by atoms with Gasteiger partial charge in [0.05, 0.1) is 12.7 Å². The van der Waals surface area contributed by atoms with E-state index in [-0.39, 0.29) is 11.5 Å². The zero-order chi connectivity index (χ0) is 16.1. The van der Waals surface area contributed by atoms with Crippen LogP contribution in [0.5, 0.6) is 11.5 Å². The molecule has 0 fully saturated rings. The van der Waals surface area contributed by atoms with E-state index >= 15 is 0 Å². The third-order valence-corrected chi connectivity index (χ3v) is 3.84. The quantitative estimate of drug-likeness (QED) is 0.363. The summed E-state index contributed by atoms with van der Waals surface area (Å²) in [5, 5.41) is 0. The van der Waals surface area contributed by atoms with Crippen molar-refractivity contribution in [3.8, 4) is 11.5 Å². The smallest absolute Gasteiger partial charge is 0.343 e. The van der Waals surface area contributed by atoms with Crippen LogP contribution in [0.15, 0.2) is 47.4 Å². The number of hydrogen-bond donors (Lipinski definition) is 0. The van der Waals surface area contributed by atoms with E-state index in [0.717, 1.165) is 4.90 Å². The molecule has 22 heavy (non-hydrogen) atoms. The summed E-state index contributed by atoms with van der Waals surface area (Å²) in [5.41, 5.74) is 0.955. The number of carbonyl (C=O) groups excluding carboxylic acids is 2.